The van der Waals surface area contributed by atoms with E-state index in [0.717, 1.165) is 0 Å². The Morgan fingerprint density at radius 2 is 1.59 bits per heavy atom. The number of hydrogen-bond acceptors (Lipinski definition) is 6. The van der Waals surface area contributed by atoms with Crippen molar-refractivity contribution in [1.82, 2.24) is 0 Å². The molecular weight excluding hydrogens is 390 g/mol. The first-order valence-corrected chi connectivity index (χ1v) is 12.2. The first-order chi connectivity index (χ1) is 13.5. The standard InChI is InChI=1S/C20H33N3O5Si/c1-12(2)29(13(3)4,14(5)6)11-9-10-17-18(22-23-21)19(26-15(7)24)20(28-17)27-16(8)25/h12-14,17-20H,10H2,1-8H3/t17-,18-,19-,20?/m1/s1. The van der Waals surface area contributed by atoms with Crippen molar-refractivity contribution in [2.75, 3.05) is 0 Å². The first-order valence-electron chi connectivity index (χ1n) is 10.0. The molecule has 162 valence electrons. The van der Waals surface area contributed by atoms with Crippen molar-refractivity contribution in [3.63, 3.8) is 0 Å². The van der Waals surface area contributed by atoms with Crippen LogP contribution < -0.4 is 0 Å². The largest absolute Gasteiger partial charge is 0.455 e. The number of carbonyl (C=O) groups is 2. The fourth-order valence-corrected chi connectivity index (χ4v) is 9.66. The zero-order valence-electron chi connectivity index (χ0n) is 18.6. The van der Waals surface area contributed by atoms with E-state index in [4.69, 9.17) is 19.7 Å². The van der Waals surface area contributed by atoms with Crippen molar-refractivity contribution in [3.05, 3.63) is 10.4 Å². The van der Waals surface area contributed by atoms with Gasteiger partial charge in [-0.05, 0) is 22.2 Å². The summed E-state index contributed by atoms with van der Waals surface area (Å²) >= 11 is 0. The quantitative estimate of drug-likeness (QED) is 0.149. The zero-order chi connectivity index (χ0) is 22.4. The minimum atomic E-state index is -1.92. The molecule has 1 unspecified atom stereocenters. The second-order valence-corrected chi connectivity index (χ2v) is 13.9. The van der Waals surface area contributed by atoms with E-state index in [1.165, 1.54) is 13.8 Å². The lowest BCUT2D eigenvalue weighted by atomic mass is 10.1. The second-order valence-electron chi connectivity index (χ2n) is 8.32. The molecule has 0 bridgehead atoms. The molecule has 0 saturated carbocycles. The summed E-state index contributed by atoms with van der Waals surface area (Å²) in [6, 6.07) is -0.823. The molecule has 8 nitrogen and oxygen atoms in total. The number of ether oxygens (including phenoxy) is 3. The van der Waals surface area contributed by atoms with Gasteiger partial charge in [-0.2, -0.15) is 0 Å². The fraction of sp³-hybridized carbons (Fsp3) is 0.800. The SMILES string of the molecule is CC(=O)OC1O[C@H](CC#C[Si](C(C)C)(C(C)C)C(C)C)[C@@H](N=[N+]=[N-])[C@H]1OC(C)=O. The number of azide groups is 1. The van der Waals surface area contributed by atoms with Crippen LogP contribution in [0, 0.1) is 11.5 Å². The monoisotopic (exact) mass is 423 g/mol. The molecule has 4 atom stereocenters. The molecule has 1 aliphatic rings. The van der Waals surface area contributed by atoms with Crippen LogP contribution in [0.1, 0.15) is 61.8 Å². The minimum absolute atomic E-state index is 0.292. The average molecular weight is 424 g/mol. The van der Waals surface area contributed by atoms with Crippen LogP contribution in [0.4, 0.5) is 0 Å². The molecule has 0 N–H and O–H groups in total. The topological polar surface area (TPSA) is 111 Å². The maximum atomic E-state index is 11.5. The minimum Gasteiger partial charge on any atom is -0.455 e. The Kier molecular flexibility index (Phi) is 9.21. The van der Waals surface area contributed by atoms with E-state index in [9.17, 15) is 9.59 Å². The third-order valence-corrected chi connectivity index (χ3v) is 11.9. The molecule has 1 rings (SSSR count). The fourth-order valence-electron chi connectivity index (χ4n) is 4.38. The zero-order valence-corrected chi connectivity index (χ0v) is 19.6. The smallest absolute Gasteiger partial charge is 0.305 e. The van der Waals surface area contributed by atoms with E-state index < -0.39 is 44.6 Å². The van der Waals surface area contributed by atoms with Crippen LogP contribution in [0.15, 0.2) is 5.11 Å². The van der Waals surface area contributed by atoms with Crippen molar-refractivity contribution >= 4 is 20.0 Å². The molecule has 29 heavy (non-hydrogen) atoms. The van der Waals surface area contributed by atoms with Crippen molar-refractivity contribution in [2.45, 2.75) is 103 Å². The number of esters is 2. The summed E-state index contributed by atoms with van der Waals surface area (Å²) in [5, 5.41) is 3.75. The summed E-state index contributed by atoms with van der Waals surface area (Å²) in [4.78, 5) is 25.7. The second kappa shape index (κ2) is 10.7. The van der Waals surface area contributed by atoms with Crippen LogP contribution in [-0.4, -0.2) is 44.6 Å². The van der Waals surface area contributed by atoms with Crippen LogP contribution >= 0.6 is 0 Å². The van der Waals surface area contributed by atoms with Crippen molar-refractivity contribution in [2.24, 2.45) is 5.11 Å². The van der Waals surface area contributed by atoms with Gasteiger partial charge in [0, 0.05) is 25.2 Å². The molecular formula is C20H33N3O5Si. The van der Waals surface area contributed by atoms with Gasteiger partial charge in [-0.1, -0.05) is 46.7 Å². The van der Waals surface area contributed by atoms with Crippen LogP contribution in [0.3, 0.4) is 0 Å². The summed E-state index contributed by atoms with van der Waals surface area (Å²) in [5.41, 5.74) is 14.0. The lowest BCUT2D eigenvalue weighted by Crippen LogP contribution is -2.43. The Balaban J connectivity index is 3.19. The molecule has 0 aromatic carbocycles. The van der Waals surface area contributed by atoms with E-state index >= 15 is 0 Å². The average Bonchev–Trinajstić information content (AvgIpc) is 2.87. The molecule has 1 heterocycles. The van der Waals surface area contributed by atoms with Gasteiger partial charge in [0.2, 0.25) is 6.29 Å². The van der Waals surface area contributed by atoms with E-state index in [1.807, 2.05) is 0 Å². The van der Waals surface area contributed by atoms with Crippen LogP contribution in [-0.2, 0) is 23.8 Å². The molecule has 0 spiro atoms. The molecule has 9 heteroatoms. The number of nitrogens with zero attached hydrogens (tertiary/aromatic N) is 3. The number of rotatable bonds is 7. The van der Waals surface area contributed by atoms with Gasteiger partial charge in [-0.3, -0.25) is 9.59 Å². The number of carbonyl (C=O) groups excluding carboxylic acids is 2. The van der Waals surface area contributed by atoms with Gasteiger partial charge in [0.05, 0.1) is 6.10 Å². The first kappa shape index (κ1) is 25.0. The predicted octanol–water partition coefficient (Wildman–Crippen LogP) is 4.50. The van der Waals surface area contributed by atoms with Crippen molar-refractivity contribution < 1.29 is 23.8 Å². The Morgan fingerprint density at radius 3 is 2.00 bits per heavy atom. The van der Waals surface area contributed by atoms with E-state index in [0.29, 0.717) is 23.0 Å². The van der Waals surface area contributed by atoms with Gasteiger partial charge >= 0.3 is 11.9 Å². The highest BCUT2D eigenvalue weighted by Crippen LogP contribution is 2.41. The molecule has 0 radical (unpaired) electrons. The van der Waals surface area contributed by atoms with Crippen LogP contribution in [0.5, 0.6) is 0 Å². The highest BCUT2D eigenvalue weighted by atomic mass is 28.3. The van der Waals surface area contributed by atoms with Gasteiger partial charge in [0.25, 0.3) is 0 Å². The Bertz CT molecular complexity index is 685. The maximum Gasteiger partial charge on any atom is 0.305 e. The third kappa shape index (κ3) is 5.98. The lowest BCUT2D eigenvalue weighted by Gasteiger charge is -2.38. The molecule has 0 aromatic rings. The van der Waals surface area contributed by atoms with Gasteiger partial charge < -0.3 is 14.2 Å². The van der Waals surface area contributed by atoms with Crippen LogP contribution in [0.25, 0.3) is 10.4 Å². The van der Waals surface area contributed by atoms with Crippen molar-refractivity contribution in [3.8, 4) is 11.5 Å². The summed E-state index contributed by atoms with van der Waals surface area (Å²) in [5.74, 6) is 2.11. The molecule has 1 aliphatic heterocycles. The molecule has 1 saturated heterocycles. The molecule has 0 amide bonds. The Hall–Kier alpha value is -2.01. The predicted molar refractivity (Wildman–Crippen MR) is 112 cm³/mol. The summed E-state index contributed by atoms with van der Waals surface area (Å²) in [6.45, 7) is 15.8. The summed E-state index contributed by atoms with van der Waals surface area (Å²) < 4.78 is 16.1. The summed E-state index contributed by atoms with van der Waals surface area (Å²) in [7, 11) is -1.92. The normalized spacial score (nSPS) is 24.1. The summed E-state index contributed by atoms with van der Waals surface area (Å²) in [6.07, 6.45) is -2.46. The maximum absolute atomic E-state index is 11.5. The molecule has 1 fully saturated rings. The Morgan fingerprint density at radius 1 is 1.07 bits per heavy atom. The highest BCUT2D eigenvalue weighted by molar-refractivity contribution is 6.90. The van der Waals surface area contributed by atoms with Crippen molar-refractivity contribution in [1.29, 1.82) is 0 Å². The van der Waals surface area contributed by atoms with E-state index in [1.54, 1.807) is 0 Å². The molecule has 0 aliphatic carbocycles. The Labute approximate surface area is 174 Å². The van der Waals surface area contributed by atoms with Gasteiger partial charge in [0.15, 0.2) is 6.10 Å². The van der Waals surface area contributed by atoms with E-state index in [-0.39, 0.29) is 0 Å². The molecule has 0 aromatic heterocycles. The van der Waals surface area contributed by atoms with E-state index in [2.05, 4.69) is 63.0 Å². The third-order valence-electron chi connectivity index (χ3n) is 5.54. The van der Waals surface area contributed by atoms with Gasteiger partial charge in [0.1, 0.15) is 14.1 Å². The lowest BCUT2D eigenvalue weighted by molar-refractivity contribution is -0.193. The van der Waals surface area contributed by atoms with Gasteiger partial charge in [-0.25, -0.2) is 0 Å². The van der Waals surface area contributed by atoms with Crippen LogP contribution in [0.2, 0.25) is 16.6 Å². The van der Waals surface area contributed by atoms with Gasteiger partial charge in [-0.15, -0.1) is 11.5 Å². The number of hydrogen-bond donors (Lipinski definition) is 0. The highest BCUT2D eigenvalue weighted by Gasteiger charge is 2.48.